The van der Waals surface area contributed by atoms with Crippen LogP contribution in [0.15, 0.2) is 60.2 Å². The Morgan fingerprint density at radius 2 is 1.07 bits per heavy atom. The number of unbranched alkanes of at least 4 members (excludes halogenated alkanes) is 4. The van der Waals surface area contributed by atoms with Crippen molar-refractivity contribution in [3.05, 3.63) is 82.4 Å². The zero-order chi connectivity index (χ0) is 21.6. The highest BCUT2D eigenvalue weighted by Crippen LogP contribution is 2.12. The molecular formula is C28H30F2. The molecule has 0 atom stereocenters. The summed E-state index contributed by atoms with van der Waals surface area (Å²) in [7, 11) is 0. The van der Waals surface area contributed by atoms with Gasteiger partial charge in [0, 0.05) is 11.1 Å². The van der Waals surface area contributed by atoms with Gasteiger partial charge in [-0.1, -0.05) is 82.1 Å². The van der Waals surface area contributed by atoms with Crippen molar-refractivity contribution in [2.45, 2.75) is 65.2 Å². The first-order chi connectivity index (χ1) is 14.6. The maximum Gasteiger partial charge on any atom is 0.217 e. The minimum Gasteiger partial charge on any atom is -0.193 e. The Morgan fingerprint density at radius 1 is 0.600 bits per heavy atom. The molecule has 2 rings (SSSR count). The van der Waals surface area contributed by atoms with E-state index in [-0.39, 0.29) is 0 Å². The molecule has 0 unspecified atom stereocenters. The Balaban J connectivity index is 1.93. The molecule has 0 saturated heterocycles. The maximum absolute atomic E-state index is 13.9. The van der Waals surface area contributed by atoms with Crippen LogP contribution in [0.25, 0.3) is 0 Å². The largest absolute Gasteiger partial charge is 0.217 e. The van der Waals surface area contributed by atoms with Gasteiger partial charge in [-0.2, -0.15) is 8.78 Å². The predicted molar refractivity (Wildman–Crippen MR) is 122 cm³/mol. The molecule has 0 amide bonds. The summed E-state index contributed by atoms with van der Waals surface area (Å²) >= 11 is 0. The SMILES string of the molecule is CCCCCCCc1ccc(C#CC(F)=C(F)C#Cc2ccc(CCC)cc2)cc1. The van der Waals surface area contributed by atoms with Crippen molar-refractivity contribution in [2.24, 2.45) is 0 Å². The van der Waals surface area contributed by atoms with Crippen molar-refractivity contribution in [3.8, 4) is 23.7 Å². The van der Waals surface area contributed by atoms with E-state index in [0.717, 1.165) is 19.3 Å². The molecule has 0 radical (unpaired) electrons. The molecule has 156 valence electrons. The molecule has 2 aromatic carbocycles. The van der Waals surface area contributed by atoms with Gasteiger partial charge in [0.05, 0.1) is 0 Å². The number of halogens is 2. The molecule has 0 aliphatic heterocycles. The van der Waals surface area contributed by atoms with Crippen LogP contribution in [0.5, 0.6) is 0 Å². The minimum absolute atomic E-state index is 0.649. The highest BCUT2D eigenvalue weighted by Gasteiger charge is 2.00. The summed E-state index contributed by atoms with van der Waals surface area (Å²) in [6.45, 7) is 4.32. The van der Waals surface area contributed by atoms with Crippen LogP contribution in [0.4, 0.5) is 8.78 Å². The quantitative estimate of drug-likeness (QED) is 0.312. The normalized spacial score (nSPS) is 11.1. The molecule has 0 aliphatic rings. The summed E-state index contributed by atoms with van der Waals surface area (Å²) in [5.74, 6) is 7.49. The third kappa shape index (κ3) is 8.67. The molecule has 0 aromatic heterocycles. The van der Waals surface area contributed by atoms with E-state index >= 15 is 0 Å². The van der Waals surface area contributed by atoms with Gasteiger partial charge in [0.25, 0.3) is 0 Å². The number of hydrogen-bond donors (Lipinski definition) is 0. The van der Waals surface area contributed by atoms with Gasteiger partial charge >= 0.3 is 0 Å². The van der Waals surface area contributed by atoms with E-state index in [1.165, 1.54) is 43.2 Å². The van der Waals surface area contributed by atoms with Crippen molar-refractivity contribution in [1.29, 1.82) is 0 Å². The lowest BCUT2D eigenvalue weighted by atomic mass is 10.0. The van der Waals surface area contributed by atoms with Crippen LogP contribution in [-0.2, 0) is 12.8 Å². The van der Waals surface area contributed by atoms with E-state index in [1.807, 2.05) is 48.5 Å². The molecule has 0 aliphatic carbocycles. The topological polar surface area (TPSA) is 0 Å². The highest BCUT2D eigenvalue weighted by molar-refractivity contribution is 5.45. The van der Waals surface area contributed by atoms with E-state index in [0.29, 0.717) is 11.1 Å². The summed E-state index contributed by atoms with van der Waals surface area (Å²) in [5, 5.41) is 0. The molecular weight excluding hydrogens is 374 g/mol. The summed E-state index contributed by atoms with van der Waals surface area (Å²) in [6.07, 6.45) is 9.33. The number of rotatable bonds is 8. The molecule has 0 N–H and O–H groups in total. The number of allylic oxidation sites excluding steroid dienone is 2. The fourth-order valence-electron chi connectivity index (χ4n) is 3.09. The molecule has 2 heteroatoms. The summed E-state index contributed by atoms with van der Waals surface area (Å²) < 4.78 is 27.8. The molecule has 2 aromatic rings. The van der Waals surface area contributed by atoms with Crippen LogP contribution in [0.1, 0.15) is 74.6 Å². The summed E-state index contributed by atoms with van der Waals surface area (Å²) in [5.41, 5.74) is 3.76. The van der Waals surface area contributed by atoms with Crippen LogP contribution >= 0.6 is 0 Å². The third-order valence-corrected chi connectivity index (χ3v) is 4.84. The van der Waals surface area contributed by atoms with Crippen molar-refractivity contribution >= 4 is 0 Å². The first kappa shape index (κ1) is 23.4. The Morgan fingerprint density at radius 3 is 1.53 bits per heavy atom. The first-order valence-electron chi connectivity index (χ1n) is 10.9. The highest BCUT2D eigenvalue weighted by atomic mass is 19.2. The van der Waals surface area contributed by atoms with Gasteiger partial charge in [0.1, 0.15) is 0 Å². The Kier molecular flexibility index (Phi) is 10.5. The van der Waals surface area contributed by atoms with Crippen molar-refractivity contribution in [1.82, 2.24) is 0 Å². The standard InChI is InChI=1S/C28H30F2/c1-3-5-6-7-8-10-24-13-17-26(18-14-24)20-22-28(30)27(29)21-19-25-15-11-23(9-4-2)12-16-25/h11-18H,3-10H2,1-2H3. The van der Waals surface area contributed by atoms with Gasteiger partial charge in [0.2, 0.25) is 11.7 Å². The molecule has 0 heterocycles. The molecule has 30 heavy (non-hydrogen) atoms. The Bertz CT molecular complexity index is 927. The van der Waals surface area contributed by atoms with Crippen LogP contribution < -0.4 is 0 Å². The van der Waals surface area contributed by atoms with E-state index in [4.69, 9.17) is 0 Å². The number of hydrogen-bond acceptors (Lipinski definition) is 0. The molecule has 0 bridgehead atoms. The van der Waals surface area contributed by atoms with E-state index < -0.39 is 11.7 Å². The van der Waals surface area contributed by atoms with Crippen molar-refractivity contribution in [2.75, 3.05) is 0 Å². The zero-order valence-electron chi connectivity index (χ0n) is 18.0. The van der Waals surface area contributed by atoms with Crippen LogP contribution in [0.2, 0.25) is 0 Å². The van der Waals surface area contributed by atoms with Crippen LogP contribution in [-0.4, -0.2) is 0 Å². The van der Waals surface area contributed by atoms with E-state index in [2.05, 4.69) is 37.5 Å². The average Bonchev–Trinajstić information content (AvgIpc) is 2.77. The van der Waals surface area contributed by atoms with Gasteiger partial charge in [-0.15, -0.1) is 0 Å². The van der Waals surface area contributed by atoms with Crippen molar-refractivity contribution in [3.63, 3.8) is 0 Å². The molecule has 0 spiro atoms. The minimum atomic E-state index is -1.14. The van der Waals surface area contributed by atoms with Crippen molar-refractivity contribution < 1.29 is 8.78 Å². The van der Waals surface area contributed by atoms with Gasteiger partial charge in [0.15, 0.2) is 0 Å². The lowest BCUT2D eigenvalue weighted by Gasteiger charge is -2.01. The lowest BCUT2D eigenvalue weighted by Crippen LogP contribution is -1.86. The van der Waals surface area contributed by atoms with Crippen LogP contribution in [0.3, 0.4) is 0 Å². The monoisotopic (exact) mass is 404 g/mol. The fourth-order valence-corrected chi connectivity index (χ4v) is 3.09. The Labute approximate surface area is 180 Å². The zero-order valence-corrected chi connectivity index (χ0v) is 18.0. The maximum atomic E-state index is 13.9. The predicted octanol–water partition coefficient (Wildman–Crippen LogP) is 7.71. The summed E-state index contributed by atoms with van der Waals surface area (Å²) in [6, 6.07) is 15.3. The first-order valence-corrected chi connectivity index (χ1v) is 10.9. The average molecular weight is 405 g/mol. The second-order valence-electron chi connectivity index (χ2n) is 7.44. The molecule has 0 nitrogen and oxygen atoms in total. The number of aryl methyl sites for hydroxylation is 2. The Hall–Kier alpha value is -2.84. The van der Waals surface area contributed by atoms with Gasteiger partial charge < -0.3 is 0 Å². The van der Waals surface area contributed by atoms with E-state index in [9.17, 15) is 8.78 Å². The lowest BCUT2D eigenvalue weighted by molar-refractivity contribution is 0.584. The van der Waals surface area contributed by atoms with Gasteiger partial charge in [-0.05, 0) is 66.5 Å². The smallest absolute Gasteiger partial charge is 0.193 e. The molecule has 0 saturated carbocycles. The third-order valence-electron chi connectivity index (χ3n) is 4.84. The second-order valence-corrected chi connectivity index (χ2v) is 7.44. The van der Waals surface area contributed by atoms with Gasteiger partial charge in [-0.25, -0.2) is 0 Å². The second kappa shape index (κ2) is 13.4. The van der Waals surface area contributed by atoms with E-state index in [1.54, 1.807) is 0 Å². The summed E-state index contributed by atoms with van der Waals surface area (Å²) in [4.78, 5) is 0. The number of benzene rings is 2. The fraction of sp³-hybridized carbons (Fsp3) is 0.357. The molecule has 0 fully saturated rings. The van der Waals surface area contributed by atoms with Gasteiger partial charge in [-0.3, -0.25) is 0 Å². The van der Waals surface area contributed by atoms with Crippen LogP contribution in [0, 0.1) is 23.7 Å².